The van der Waals surface area contributed by atoms with E-state index in [-0.39, 0.29) is 35.8 Å². The number of aliphatic hydroxyl groups is 2. The molecule has 1 aliphatic heterocycles. The third-order valence-corrected chi connectivity index (χ3v) is 13.8. The number of pyridine rings is 1. The van der Waals surface area contributed by atoms with Crippen LogP contribution in [-0.4, -0.2) is 63.2 Å². The minimum absolute atomic E-state index is 0.0323. The van der Waals surface area contributed by atoms with Gasteiger partial charge in [-0.05, 0) is 76.4 Å². The maximum Gasteiger partial charge on any atom is 0.347 e. The van der Waals surface area contributed by atoms with E-state index in [1.165, 1.54) is 17.7 Å². The number of piperidine rings is 1. The maximum absolute atomic E-state index is 14.0. The summed E-state index contributed by atoms with van der Waals surface area (Å²) >= 11 is 1.58. The second-order valence-corrected chi connectivity index (χ2v) is 17.9. The van der Waals surface area contributed by atoms with Gasteiger partial charge in [-0.2, -0.15) is 0 Å². The Hall–Kier alpha value is -6.21. The number of phenols is 1. The van der Waals surface area contributed by atoms with E-state index in [0.29, 0.717) is 64.8 Å². The number of aromatic hydroxyl groups is 1. The van der Waals surface area contributed by atoms with Crippen LogP contribution in [0, 0.1) is 17.8 Å². The number of aromatic nitrogens is 1. The molecule has 7 aromatic rings. The number of aryl methyl sites for hydroxylation is 1. The zero-order valence-electron chi connectivity index (χ0n) is 34.7. The average Bonchev–Trinajstić information content (AvgIpc) is 3.58. The Bertz CT molecular complexity index is 2780. The number of aromatic amines is 1. The lowest BCUT2D eigenvalue weighted by molar-refractivity contribution is -0.163. The minimum Gasteiger partial charge on any atom is -0.506 e. The van der Waals surface area contributed by atoms with Gasteiger partial charge in [-0.25, -0.2) is 4.79 Å². The van der Waals surface area contributed by atoms with Gasteiger partial charge in [0.15, 0.2) is 5.78 Å². The zero-order valence-corrected chi connectivity index (χ0v) is 35.5. The molecule has 2 aliphatic rings. The number of nitrogens with zero attached hydrogens (tertiary/aromatic N) is 1. The number of fused-ring (bicyclic) bond motifs is 2. The van der Waals surface area contributed by atoms with Crippen LogP contribution in [0.4, 0.5) is 0 Å². The molecule has 5 atom stereocenters. The number of esters is 1. The van der Waals surface area contributed by atoms with Gasteiger partial charge in [0, 0.05) is 77.4 Å². The molecular weight excluding hydrogens is 811 g/mol. The predicted molar refractivity (Wildman–Crippen MR) is 244 cm³/mol. The van der Waals surface area contributed by atoms with Crippen molar-refractivity contribution in [2.75, 3.05) is 26.2 Å². The van der Waals surface area contributed by atoms with Gasteiger partial charge in [-0.3, -0.25) is 14.5 Å². The molecule has 1 saturated carbocycles. The number of likely N-dealkylation sites (tertiary alicyclic amines) is 1. The van der Waals surface area contributed by atoms with E-state index in [0.717, 1.165) is 40.5 Å². The van der Waals surface area contributed by atoms with Crippen LogP contribution in [0.1, 0.15) is 55.6 Å². The van der Waals surface area contributed by atoms with Gasteiger partial charge in [-0.15, -0.1) is 11.3 Å². The van der Waals surface area contributed by atoms with Crippen LogP contribution in [0.5, 0.6) is 5.75 Å². The largest absolute Gasteiger partial charge is 0.506 e. The van der Waals surface area contributed by atoms with E-state index < -0.39 is 17.7 Å². The standard InChI is InChI=1S/C52H49N3O7S/c56-45(35-16-14-33(15-17-35)27-53-28-47(58)40-20-23-46(57)50-41(40)21-25-49(59)54-50)22-18-39-19-24-48(63-39)36-10-7-13-38(26-36)52(61,37-11-5-2-6-12-37)51(60)62-32-44-42-30-55(31-43(42)44)29-34-8-3-1-4-9-34/h1-17,19-21,23-26,42-44,47,53,57-58,61H,18,22,27-32H2,(H,54,59)/t42-,43+,44?,47-,52-/m0/s1. The highest BCUT2D eigenvalue weighted by atomic mass is 32.1. The zero-order chi connectivity index (χ0) is 43.5. The van der Waals surface area contributed by atoms with Crippen LogP contribution in [0.25, 0.3) is 21.3 Å². The van der Waals surface area contributed by atoms with Gasteiger partial charge in [0.25, 0.3) is 0 Å². The van der Waals surface area contributed by atoms with E-state index in [1.807, 2.05) is 78.9 Å². The lowest BCUT2D eigenvalue weighted by atomic mass is 9.85. The van der Waals surface area contributed by atoms with Gasteiger partial charge in [0.1, 0.15) is 5.75 Å². The number of carbonyl (C=O) groups is 2. The molecule has 9 rings (SSSR count). The second-order valence-electron chi connectivity index (χ2n) is 16.7. The molecule has 1 saturated heterocycles. The van der Waals surface area contributed by atoms with Crippen LogP contribution in [0.3, 0.4) is 0 Å². The van der Waals surface area contributed by atoms with Crippen LogP contribution >= 0.6 is 11.3 Å². The topological polar surface area (TPSA) is 152 Å². The maximum atomic E-state index is 14.0. The predicted octanol–water partition coefficient (Wildman–Crippen LogP) is 7.76. The lowest BCUT2D eigenvalue weighted by Crippen LogP contribution is -2.39. The quantitative estimate of drug-likeness (QED) is 0.0457. The van der Waals surface area contributed by atoms with Crippen molar-refractivity contribution in [1.29, 1.82) is 0 Å². The molecule has 0 radical (unpaired) electrons. The van der Waals surface area contributed by atoms with Gasteiger partial charge in [0.2, 0.25) is 11.2 Å². The molecule has 3 heterocycles. The monoisotopic (exact) mass is 859 g/mol. The third kappa shape index (κ3) is 9.15. The second kappa shape index (κ2) is 18.3. The summed E-state index contributed by atoms with van der Waals surface area (Å²) in [7, 11) is 0. The van der Waals surface area contributed by atoms with Crippen molar-refractivity contribution in [1.82, 2.24) is 15.2 Å². The Labute approximate surface area is 369 Å². The van der Waals surface area contributed by atoms with E-state index >= 15 is 0 Å². The van der Waals surface area contributed by atoms with Crippen LogP contribution in [-0.2, 0) is 34.6 Å². The fraction of sp³-hybridized carbons (Fsp3) is 0.250. The fourth-order valence-electron chi connectivity index (χ4n) is 9.08. The molecule has 63 heavy (non-hydrogen) atoms. The number of nitrogens with one attached hydrogen (secondary N) is 2. The van der Waals surface area contributed by atoms with Crippen molar-refractivity contribution in [2.45, 2.75) is 37.6 Å². The smallest absolute Gasteiger partial charge is 0.347 e. The first-order chi connectivity index (χ1) is 30.6. The summed E-state index contributed by atoms with van der Waals surface area (Å²) in [4.78, 5) is 46.1. The average molecular weight is 860 g/mol. The first kappa shape index (κ1) is 42.1. The van der Waals surface area contributed by atoms with Crippen molar-refractivity contribution in [3.8, 4) is 16.2 Å². The van der Waals surface area contributed by atoms with Crippen molar-refractivity contribution in [3.05, 3.63) is 194 Å². The number of H-pyrrole nitrogens is 1. The van der Waals surface area contributed by atoms with Gasteiger partial charge >= 0.3 is 5.97 Å². The van der Waals surface area contributed by atoms with Gasteiger partial charge < -0.3 is 30.4 Å². The Morgan fingerprint density at radius 2 is 1.56 bits per heavy atom. The third-order valence-electron chi connectivity index (χ3n) is 12.6. The summed E-state index contributed by atoms with van der Waals surface area (Å²) in [5.41, 5.74) is 3.16. The lowest BCUT2D eigenvalue weighted by Gasteiger charge is -2.28. The van der Waals surface area contributed by atoms with E-state index in [9.17, 15) is 29.7 Å². The molecule has 1 aliphatic carbocycles. The molecule has 2 fully saturated rings. The number of hydrogen-bond acceptors (Lipinski definition) is 10. The number of aliphatic hydroxyl groups excluding tert-OH is 1. The number of ether oxygens (including phenoxy) is 1. The Kier molecular flexibility index (Phi) is 12.2. The van der Waals surface area contributed by atoms with E-state index in [1.54, 1.807) is 41.7 Å². The normalized spacial score (nSPS) is 18.4. The van der Waals surface area contributed by atoms with Gasteiger partial charge in [-0.1, -0.05) is 109 Å². The summed E-state index contributed by atoms with van der Waals surface area (Å²) in [5, 5.41) is 37.2. The van der Waals surface area contributed by atoms with Crippen molar-refractivity contribution in [3.63, 3.8) is 0 Å². The fourth-order valence-corrected chi connectivity index (χ4v) is 10.1. The Balaban J connectivity index is 0.785. The number of rotatable bonds is 17. The highest BCUT2D eigenvalue weighted by Gasteiger charge is 2.56. The molecular formula is C52H49N3O7S. The summed E-state index contributed by atoms with van der Waals surface area (Å²) in [6, 6.07) is 44.4. The molecule has 11 heteroatoms. The first-order valence-electron chi connectivity index (χ1n) is 21.4. The molecule has 5 aromatic carbocycles. The number of carbonyl (C=O) groups excluding carboxylic acids is 2. The SMILES string of the molecule is O=C(CCc1ccc(-c2cccc([C@](O)(C(=O)OCC3[C@H]4CN(Cc5ccccc5)C[C@@H]34)c3ccccc3)c2)s1)c1ccc(CNC[C@H](O)c2ccc(O)c3[nH]c(=O)ccc23)cc1. The van der Waals surface area contributed by atoms with Crippen molar-refractivity contribution < 1.29 is 29.6 Å². The number of Topliss-reactive ketones (excluding diaryl/α,β-unsaturated/α-hetero) is 1. The number of phenolic OH excluding ortho intramolecular Hbond substituents is 1. The van der Waals surface area contributed by atoms with Crippen molar-refractivity contribution in [2.24, 2.45) is 17.8 Å². The molecule has 0 spiro atoms. The first-order valence-corrected chi connectivity index (χ1v) is 22.2. The van der Waals surface area contributed by atoms with Gasteiger partial charge in [0.05, 0.1) is 18.2 Å². The van der Waals surface area contributed by atoms with Crippen molar-refractivity contribution >= 4 is 34.0 Å². The highest BCUT2D eigenvalue weighted by molar-refractivity contribution is 7.15. The molecule has 10 nitrogen and oxygen atoms in total. The van der Waals surface area contributed by atoms with Crippen LogP contribution in [0.2, 0.25) is 0 Å². The number of hydrogen-bond donors (Lipinski definition) is 5. The van der Waals surface area contributed by atoms with Crippen LogP contribution in [0.15, 0.2) is 150 Å². The summed E-state index contributed by atoms with van der Waals surface area (Å²) in [6.07, 6.45) is 0.0268. The molecule has 1 unspecified atom stereocenters. The van der Waals surface area contributed by atoms with E-state index in [2.05, 4.69) is 39.5 Å². The minimum atomic E-state index is -1.99. The molecule has 5 N–H and O–H groups in total. The molecule has 320 valence electrons. The Morgan fingerprint density at radius 3 is 2.32 bits per heavy atom. The number of thiophene rings is 1. The Morgan fingerprint density at radius 1 is 0.825 bits per heavy atom. The summed E-state index contributed by atoms with van der Waals surface area (Å²) in [6.45, 7) is 3.89. The summed E-state index contributed by atoms with van der Waals surface area (Å²) in [5.74, 6) is 0.591. The molecule has 0 amide bonds. The van der Waals surface area contributed by atoms with Crippen LogP contribution < -0.4 is 10.9 Å². The summed E-state index contributed by atoms with van der Waals surface area (Å²) < 4.78 is 5.97. The molecule has 2 aromatic heterocycles. The van der Waals surface area contributed by atoms with E-state index in [4.69, 9.17) is 4.74 Å². The number of ketones is 1. The highest BCUT2D eigenvalue weighted by Crippen LogP contribution is 2.52. The number of benzene rings is 5. The molecule has 0 bridgehead atoms.